The highest BCUT2D eigenvalue weighted by Crippen LogP contribution is 2.27. The van der Waals surface area contributed by atoms with Crippen LogP contribution in [-0.4, -0.2) is 46.5 Å². The number of carbonyl (C=O) groups excluding carboxylic acids is 1. The van der Waals surface area contributed by atoms with Crippen molar-refractivity contribution in [2.75, 3.05) is 24.5 Å². The molecule has 0 bridgehead atoms. The summed E-state index contributed by atoms with van der Waals surface area (Å²) in [6, 6.07) is 16.8. The average molecular weight is 423 g/mol. The van der Waals surface area contributed by atoms with Gasteiger partial charge in [0.2, 0.25) is 5.88 Å². The maximum absolute atomic E-state index is 12.8. The second-order valence-electron chi connectivity index (χ2n) is 7.39. The first-order valence-electron chi connectivity index (χ1n) is 9.88. The van der Waals surface area contributed by atoms with Crippen LogP contribution in [0.5, 0.6) is 11.6 Å². The van der Waals surface area contributed by atoms with Gasteiger partial charge >= 0.3 is 0 Å². The molecule has 1 aliphatic heterocycles. The van der Waals surface area contributed by atoms with Crippen molar-refractivity contribution in [3.8, 4) is 11.6 Å². The van der Waals surface area contributed by atoms with E-state index in [-0.39, 0.29) is 11.9 Å². The summed E-state index contributed by atoms with van der Waals surface area (Å²) in [7, 11) is 0. The number of anilines is 1. The molecule has 1 atom stereocenters. The first-order valence-corrected chi connectivity index (χ1v) is 10.3. The molecule has 0 spiro atoms. The molecule has 3 aromatic rings. The maximum Gasteiger partial charge on any atom is 0.254 e. The number of hydrogen-bond donors (Lipinski definition) is 0. The number of halogens is 1. The second-order valence-corrected chi connectivity index (χ2v) is 7.79. The van der Waals surface area contributed by atoms with Gasteiger partial charge in [-0.15, -0.1) is 0 Å². The SMILES string of the molecule is Cc1cc(Oc2cc(N3CCN(C(=O)c4ccccc4)C(C)C3)ncn2)ccc1Cl. The van der Waals surface area contributed by atoms with E-state index < -0.39 is 0 Å². The molecule has 2 aromatic carbocycles. The summed E-state index contributed by atoms with van der Waals surface area (Å²) in [6.45, 7) is 6.00. The molecule has 0 N–H and O–H groups in total. The number of carbonyl (C=O) groups is 1. The van der Waals surface area contributed by atoms with Crippen molar-refractivity contribution < 1.29 is 9.53 Å². The van der Waals surface area contributed by atoms with Gasteiger partial charge in [0.15, 0.2) is 0 Å². The largest absolute Gasteiger partial charge is 0.439 e. The Bertz CT molecular complexity index is 1040. The van der Waals surface area contributed by atoms with Crippen molar-refractivity contribution >= 4 is 23.3 Å². The summed E-state index contributed by atoms with van der Waals surface area (Å²) in [5.41, 5.74) is 1.66. The summed E-state index contributed by atoms with van der Waals surface area (Å²) in [4.78, 5) is 25.5. The van der Waals surface area contributed by atoms with Gasteiger partial charge in [0.1, 0.15) is 17.9 Å². The molecule has 0 saturated carbocycles. The van der Waals surface area contributed by atoms with Crippen LogP contribution in [0, 0.1) is 6.92 Å². The molecule has 0 aliphatic carbocycles. The van der Waals surface area contributed by atoms with Gasteiger partial charge in [-0.1, -0.05) is 29.8 Å². The van der Waals surface area contributed by atoms with Crippen LogP contribution in [0.2, 0.25) is 5.02 Å². The third kappa shape index (κ3) is 4.39. The van der Waals surface area contributed by atoms with E-state index in [1.54, 1.807) is 6.07 Å². The molecule has 1 amide bonds. The Kier molecular flexibility index (Phi) is 5.86. The van der Waals surface area contributed by atoms with Crippen molar-refractivity contribution in [2.24, 2.45) is 0 Å². The highest BCUT2D eigenvalue weighted by Gasteiger charge is 2.28. The van der Waals surface area contributed by atoms with E-state index in [1.807, 2.05) is 60.4 Å². The van der Waals surface area contributed by atoms with Crippen molar-refractivity contribution in [3.63, 3.8) is 0 Å². The van der Waals surface area contributed by atoms with E-state index >= 15 is 0 Å². The third-order valence-electron chi connectivity index (χ3n) is 5.21. The van der Waals surface area contributed by atoms with Crippen molar-refractivity contribution in [1.29, 1.82) is 0 Å². The maximum atomic E-state index is 12.8. The Morgan fingerprint density at radius 1 is 1.10 bits per heavy atom. The minimum Gasteiger partial charge on any atom is -0.439 e. The minimum atomic E-state index is 0.0599. The Hall–Kier alpha value is -3.12. The first kappa shape index (κ1) is 20.2. The van der Waals surface area contributed by atoms with Crippen LogP contribution in [0.4, 0.5) is 5.82 Å². The lowest BCUT2D eigenvalue weighted by atomic mass is 10.1. The number of hydrogen-bond acceptors (Lipinski definition) is 5. The van der Waals surface area contributed by atoms with E-state index in [0.717, 1.165) is 11.4 Å². The number of piperazine rings is 1. The number of ether oxygens (including phenoxy) is 1. The van der Waals surface area contributed by atoms with E-state index in [4.69, 9.17) is 16.3 Å². The predicted octanol–water partition coefficient (Wildman–Crippen LogP) is 4.58. The zero-order valence-electron chi connectivity index (χ0n) is 17.0. The lowest BCUT2D eigenvalue weighted by Gasteiger charge is -2.40. The molecule has 0 radical (unpaired) electrons. The summed E-state index contributed by atoms with van der Waals surface area (Å²) >= 11 is 6.08. The van der Waals surface area contributed by atoms with E-state index in [0.29, 0.717) is 41.8 Å². The number of aryl methyl sites for hydroxylation is 1. The molecule has 7 heteroatoms. The fourth-order valence-electron chi connectivity index (χ4n) is 3.57. The summed E-state index contributed by atoms with van der Waals surface area (Å²) in [5, 5.41) is 0.697. The van der Waals surface area contributed by atoms with E-state index in [9.17, 15) is 4.79 Å². The van der Waals surface area contributed by atoms with Gasteiger partial charge in [0.25, 0.3) is 5.91 Å². The Labute approximate surface area is 181 Å². The van der Waals surface area contributed by atoms with Crippen molar-refractivity contribution in [2.45, 2.75) is 19.9 Å². The fourth-order valence-corrected chi connectivity index (χ4v) is 3.69. The van der Waals surface area contributed by atoms with Crippen LogP contribution in [-0.2, 0) is 0 Å². The summed E-state index contributed by atoms with van der Waals surface area (Å²) < 4.78 is 5.89. The number of rotatable bonds is 4. The quantitative estimate of drug-likeness (QED) is 0.615. The number of amides is 1. The highest BCUT2D eigenvalue weighted by atomic mass is 35.5. The standard InChI is InChI=1S/C23H23ClN4O2/c1-16-12-19(8-9-20(16)24)30-22-13-21(25-15-26-22)27-10-11-28(17(2)14-27)23(29)18-6-4-3-5-7-18/h3-9,12-13,15,17H,10-11,14H2,1-2H3. The molecule has 6 nitrogen and oxygen atoms in total. The number of nitrogens with zero attached hydrogens (tertiary/aromatic N) is 4. The first-order chi connectivity index (χ1) is 14.5. The van der Waals surface area contributed by atoms with Gasteiger partial charge in [-0.25, -0.2) is 9.97 Å². The van der Waals surface area contributed by atoms with Crippen LogP contribution in [0.3, 0.4) is 0 Å². The van der Waals surface area contributed by atoms with Crippen LogP contribution >= 0.6 is 11.6 Å². The Morgan fingerprint density at radius 3 is 2.63 bits per heavy atom. The molecular weight excluding hydrogens is 400 g/mol. The fraction of sp³-hybridized carbons (Fsp3) is 0.261. The molecule has 1 saturated heterocycles. The molecule has 1 aliphatic rings. The Morgan fingerprint density at radius 2 is 1.90 bits per heavy atom. The van der Waals surface area contributed by atoms with Crippen LogP contribution in [0.25, 0.3) is 0 Å². The summed E-state index contributed by atoms with van der Waals surface area (Å²) in [5.74, 6) is 1.99. The molecule has 30 heavy (non-hydrogen) atoms. The van der Waals surface area contributed by atoms with E-state index in [2.05, 4.69) is 21.8 Å². The van der Waals surface area contributed by atoms with Crippen LogP contribution in [0.1, 0.15) is 22.8 Å². The smallest absolute Gasteiger partial charge is 0.254 e. The lowest BCUT2D eigenvalue weighted by Crippen LogP contribution is -2.54. The molecule has 1 unspecified atom stereocenters. The monoisotopic (exact) mass is 422 g/mol. The summed E-state index contributed by atoms with van der Waals surface area (Å²) in [6.07, 6.45) is 1.50. The molecule has 1 fully saturated rings. The normalized spacial score (nSPS) is 16.4. The van der Waals surface area contributed by atoms with Gasteiger partial charge < -0.3 is 14.5 Å². The van der Waals surface area contributed by atoms with Gasteiger partial charge in [-0.3, -0.25) is 4.79 Å². The molecular formula is C23H23ClN4O2. The average Bonchev–Trinajstić information content (AvgIpc) is 2.76. The van der Waals surface area contributed by atoms with Gasteiger partial charge in [0.05, 0.1) is 0 Å². The van der Waals surface area contributed by atoms with Crippen molar-refractivity contribution in [3.05, 3.63) is 77.1 Å². The molecule has 2 heterocycles. The highest BCUT2D eigenvalue weighted by molar-refractivity contribution is 6.31. The zero-order chi connectivity index (χ0) is 21.1. The van der Waals surface area contributed by atoms with Gasteiger partial charge in [-0.05, 0) is 49.7 Å². The van der Waals surface area contributed by atoms with Gasteiger partial charge in [-0.2, -0.15) is 0 Å². The minimum absolute atomic E-state index is 0.0599. The molecule has 1 aromatic heterocycles. The van der Waals surface area contributed by atoms with Crippen LogP contribution in [0.15, 0.2) is 60.9 Å². The Balaban J connectivity index is 1.45. The zero-order valence-corrected chi connectivity index (χ0v) is 17.7. The van der Waals surface area contributed by atoms with Gasteiger partial charge in [0, 0.05) is 42.3 Å². The molecule has 4 rings (SSSR count). The van der Waals surface area contributed by atoms with Crippen LogP contribution < -0.4 is 9.64 Å². The third-order valence-corrected chi connectivity index (χ3v) is 5.64. The number of aromatic nitrogens is 2. The number of benzene rings is 2. The van der Waals surface area contributed by atoms with Crippen molar-refractivity contribution in [1.82, 2.24) is 14.9 Å². The lowest BCUT2D eigenvalue weighted by molar-refractivity contribution is 0.0673. The van der Waals surface area contributed by atoms with E-state index in [1.165, 1.54) is 6.33 Å². The second kappa shape index (κ2) is 8.71. The molecule has 154 valence electrons. The predicted molar refractivity (Wildman–Crippen MR) is 117 cm³/mol. The topological polar surface area (TPSA) is 58.6 Å².